The van der Waals surface area contributed by atoms with Crippen molar-refractivity contribution in [1.82, 2.24) is 10.6 Å². The zero-order valence-corrected chi connectivity index (χ0v) is 10.3. The van der Waals surface area contributed by atoms with E-state index in [9.17, 15) is 4.79 Å². The molecule has 1 atom stereocenters. The first-order valence-electron chi connectivity index (χ1n) is 5.36. The summed E-state index contributed by atoms with van der Waals surface area (Å²) in [6, 6.07) is 0.0730. The Balaban J connectivity index is 4.07. The van der Waals surface area contributed by atoms with Gasteiger partial charge in [0.25, 0.3) is 0 Å². The second-order valence-electron chi connectivity index (χ2n) is 4.77. The molecule has 0 aliphatic carbocycles. The average Bonchev–Trinajstić information content (AvgIpc) is 2.02. The molecule has 2 N–H and O–H groups in total. The molecule has 0 rings (SSSR count). The summed E-state index contributed by atoms with van der Waals surface area (Å²) in [5.74, 6) is 0.0709. The van der Waals surface area contributed by atoms with Gasteiger partial charge in [-0.3, -0.25) is 4.79 Å². The van der Waals surface area contributed by atoms with E-state index in [-0.39, 0.29) is 23.5 Å². The van der Waals surface area contributed by atoms with Crippen LogP contribution in [-0.4, -0.2) is 23.5 Å². The smallest absolute Gasteiger partial charge is 0.237 e. The second kappa shape index (κ2) is 5.35. The molecular weight excluding hydrogens is 176 g/mol. The lowest BCUT2D eigenvalue weighted by Gasteiger charge is -2.28. The fourth-order valence-electron chi connectivity index (χ4n) is 1.16. The topological polar surface area (TPSA) is 41.1 Å². The van der Waals surface area contributed by atoms with Crippen molar-refractivity contribution in [2.45, 2.75) is 65.6 Å². The van der Waals surface area contributed by atoms with Crippen LogP contribution in [0.15, 0.2) is 0 Å². The van der Waals surface area contributed by atoms with Crippen molar-refractivity contribution in [2.75, 3.05) is 0 Å². The van der Waals surface area contributed by atoms with Crippen molar-refractivity contribution in [3.8, 4) is 0 Å². The quantitative estimate of drug-likeness (QED) is 0.709. The minimum atomic E-state index is -0.132. The molecule has 0 fully saturated rings. The third-order valence-corrected chi connectivity index (χ3v) is 2.32. The summed E-state index contributed by atoms with van der Waals surface area (Å²) in [7, 11) is 0. The van der Waals surface area contributed by atoms with E-state index in [1.54, 1.807) is 0 Å². The normalized spacial score (nSPS) is 14.2. The number of carbonyl (C=O) groups is 1. The van der Waals surface area contributed by atoms with E-state index in [4.69, 9.17) is 0 Å². The number of hydrogen-bond acceptors (Lipinski definition) is 2. The Morgan fingerprint density at radius 3 is 2.14 bits per heavy atom. The monoisotopic (exact) mass is 200 g/mol. The van der Waals surface area contributed by atoms with Crippen LogP contribution < -0.4 is 10.6 Å². The van der Waals surface area contributed by atoms with E-state index in [1.165, 1.54) is 0 Å². The van der Waals surface area contributed by atoms with Crippen LogP contribution in [-0.2, 0) is 4.79 Å². The van der Waals surface area contributed by atoms with E-state index in [0.29, 0.717) is 0 Å². The largest absolute Gasteiger partial charge is 0.353 e. The van der Waals surface area contributed by atoms with Crippen LogP contribution in [0.3, 0.4) is 0 Å². The van der Waals surface area contributed by atoms with Gasteiger partial charge < -0.3 is 10.6 Å². The van der Waals surface area contributed by atoms with Crippen LogP contribution in [0.4, 0.5) is 0 Å². The molecule has 1 unspecified atom stereocenters. The van der Waals surface area contributed by atoms with Gasteiger partial charge in [-0.05, 0) is 41.0 Å². The van der Waals surface area contributed by atoms with Gasteiger partial charge >= 0.3 is 0 Å². The fraction of sp³-hybridized carbons (Fsp3) is 0.909. The molecule has 0 spiro atoms. The number of rotatable bonds is 5. The third-order valence-electron chi connectivity index (χ3n) is 2.32. The fourth-order valence-corrected chi connectivity index (χ4v) is 1.16. The van der Waals surface area contributed by atoms with Crippen molar-refractivity contribution in [2.24, 2.45) is 0 Å². The highest BCUT2D eigenvalue weighted by atomic mass is 16.2. The first-order valence-corrected chi connectivity index (χ1v) is 5.36. The summed E-state index contributed by atoms with van der Waals surface area (Å²) in [6.07, 6.45) is 1.01. The summed E-state index contributed by atoms with van der Waals surface area (Å²) >= 11 is 0. The van der Waals surface area contributed by atoms with Crippen LogP contribution in [0.2, 0.25) is 0 Å². The van der Waals surface area contributed by atoms with Crippen LogP contribution in [0.25, 0.3) is 0 Å². The van der Waals surface area contributed by atoms with Gasteiger partial charge in [-0.2, -0.15) is 0 Å². The number of hydrogen-bond donors (Lipinski definition) is 2. The number of nitrogens with one attached hydrogen (secondary N) is 2. The SMILES string of the molecule is CCC(C)(C)NC(C)C(=O)NC(C)C. The van der Waals surface area contributed by atoms with E-state index in [2.05, 4.69) is 31.4 Å². The van der Waals surface area contributed by atoms with Gasteiger partial charge in [0.1, 0.15) is 0 Å². The summed E-state index contributed by atoms with van der Waals surface area (Å²) in [4.78, 5) is 11.6. The Morgan fingerprint density at radius 1 is 1.29 bits per heavy atom. The third kappa shape index (κ3) is 5.22. The average molecular weight is 200 g/mol. The molecule has 0 aliphatic rings. The predicted molar refractivity (Wildman–Crippen MR) is 60.2 cm³/mol. The molecule has 0 bridgehead atoms. The molecule has 3 heteroatoms. The first kappa shape index (κ1) is 13.4. The van der Waals surface area contributed by atoms with Crippen molar-refractivity contribution < 1.29 is 4.79 Å². The zero-order chi connectivity index (χ0) is 11.4. The van der Waals surface area contributed by atoms with Crippen molar-refractivity contribution in [3.05, 3.63) is 0 Å². The molecule has 0 aromatic heterocycles. The lowest BCUT2D eigenvalue weighted by molar-refractivity contribution is -0.123. The van der Waals surface area contributed by atoms with Gasteiger partial charge in [0, 0.05) is 11.6 Å². The van der Waals surface area contributed by atoms with Gasteiger partial charge in [-0.15, -0.1) is 0 Å². The van der Waals surface area contributed by atoms with E-state index >= 15 is 0 Å². The number of carbonyl (C=O) groups excluding carboxylic acids is 1. The second-order valence-corrected chi connectivity index (χ2v) is 4.77. The predicted octanol–water partition coefficient (Wildman–Crippen LogP) is 1.68. The highest BCUT2D eigenvalue weighted by Gasteiger charge is 2.21. The zero-order valence-electron chi connectivity index (χ0n) is 10.3. The molecule has 0 radical (unpaired) electrons. The summed E-state index contributed by atoms with van der Waals surface area (Å²) in [5, 5.41) is 6.19. The van der Waals surface area contributed by atoms with Crippen LogP contribution in [0.1, 0.15) is 48.0 Å². The molecule has 0 saturated carbocycles. The van der Waals surface area contributed by atoms with Crippen LogP contribution in [0, 0.1) is 0 Å². The molecule has 14 heavy (non-hydrogen) atoms. The molecule has 0 aromatic carbocycles. The Bertz CT molecular complexity index is 188. The van der Waals surface area contributed by atoms with Crippen LogP contribution >= 0.6 is 0 Å². The van der Waals surface area contributed by atoms with Gasteiger partial charge in [0.05, 0.1) is 6.04 Å². The van der Waals surface area contributed by atoms with Crippen LogP contribution in [0.5, 0.6) is 0 Å². The number of amides is 1. The van der Waals surface area contributed by atoms with Gasteiger partial charge in [0.2, 0.25) is 5.91 Å². The van der Waals surface area contributed by atoms with Gasteiger partial charge in [-0.25, -0.2) is 0 Å². The van der Waals surface area contributed by atoms with E-state index in [0.717, 1.165) is 6.42 Å². The molecule has 84 valence electrons. The van der Waals surface area contributed by atoms with Gasteiger partial charge in [0.15, 0.2) is 0 Å². The summed E-state index contributed by atoms with van der Waals surface area (Å²) < 4.78 is 0. The molecular formula is C11H24N2O. The van der Waals surface area contributed by atoms with E-state index in [1.807, 2.05) is 20.8 Å². The lowest BCUT2D eigenvalue weighted by atomic mass is 10.0. The highest BCUT2D eigenvalue weighted by Crippen LogP contribution is 2.08. The van der Waals surface area contributed by atoms with Crippen molar-refractivity contribution in [3.63, 3.8) is 0 Å². The molecule has 3 nitrogen and oxygen atoms in total. The lowest BCUT2D eigenvalue weighted by Crippen LogP contribution is -2.52. The first-order chi connectivity index (χ1) is 6.28. The Kier molecular flexibility index (Phi) is 5.13. The van der Waals surface area contributed by atoms with Gasteiger partial charge in [-0.1, -0.05) is 6.92 Å². The van der Waals surface area contributed by atoms with E-state index < -0.39 is 0 Å². The molecule has 0 aromatic rings. The van der Waals surface area contributed by atoms with Crippen molar-refractivity contribution >= 4 is 5.91 Å². The maximum Gasteiger partial charge on any atom is 0.237 e. The Labute approximate surface area is 87.6 Å². The standard InChI is InChI=1S/C11H24N2O/c1-7-11(5,6)13-9(4)10(14)12-8(2)3/h8-9,13H,7H2,1-6H3,(H,12,14). The summed E-state index contributed by atoms with van der Waals surface area (Å²) in [6.45, 7) is 12.2. The minimum absolute atomic E-state index is 0.0216. The molecule has 0 heterocycles. The molecule has 1 amide bonds. The Hall–Kier alpha value is -0.570. The Morgan fingerprint density at radius 2 is 1.79 bits per heavy atom. The maximum absolute atomic E-state index is 11.6. The molecule has 0 aliphatic heterocycles. The highest BCUT2D eigenvalue weighted by molar-refractivity contribution is 5.81. The molecule has 0 saturated heterocycles. The van der Waals surface area contributed by atoms with Crippen molar-refractivity contribution in [1.29, 1.82) is 0 Å². The maximum atomic E-state index is 11.6. The summed E-state index contributed by atoms with van der Waals surface area (Å²) in [5.41, 5.74) is 0.0216. The minimum Gasteiger partial charge on any atom is -0.353 e.